The van der Waals surface area contributed by atoms with E-state index in [2.05, 4.69) is 4.98 Å². The molecule has 0 aliphatic rings. The SMILES string of the molecule is CCOc1ccc(Oc2ccc(C(C)=O)nc2)cc1. The van der Waals surface area contributed by atoms with Crippen molar-refractivity contribution in [1.29, 1.82) is 0 Å². The smallest absolute Gasteiger partial charge is 0.178 e. The van der Waals surface area contributed by atoms with Gasteiger partial charge >= 0.3 is 0 Å². The molecule has 0 unspecified atom stereocenters. The van der Waals surface area contributed by atoms with Crippen molar-refractivity contribution in [2.75, 3.05) is 6.61 Å². The summed E-state index contributed by atoms with van der Waals surface area (Å²) in [6, 6.07) is 10.7. The van der Waals surface area contributed by atoms with Crippen LogP contribution in [0.5, 0.6) is 17.2 Å². The van der Waals surface area contributed by atoms with Gasteiger partial charge in [0.25, 0.3) is 0 Å². The number of nitrogens with zero attached hydrogens (tertiary/aromatic N) is 1. The molecule has 2 rings (SSSR count). The van der Waals surface area contributed by atoms with Crippen molar-refractivity contribution in [3.63, 3.8) is 0 Å². The molecular weight excluding hydrogens is 242 g/mol. The van der Waals surface area contributed by atoms with E-state index in [1.807, 2.05) is 31.2 Å². The Morgan fingerprint density at radius 3 is 2.21 bits per heavy atom. The Morgan fingerprint density at radius 2 is 1.68 bits per heavy atom. The van der Waals surface area contributed by atoms with Gasteiger partial charge in [-0.3, -0.25) is 4.79 Å². The molecule has 4 heteroatoms. The number of carbonyl (C=O) groups excluding carboxylic acids is 1. The van der Waals surface area contributed by atoms with Gasteiger partial charge in [0.1, 0.15) is 22.9 Å². The molecule has 0 aliphatic heterocycles. The van der Waals surface area contributed by atoms with Crippen LogP contribution in [-0.4, -0.2) is 17.4 Å². The number of ether oxygens (including phenoxy) is 2. The first-order chi connectivity index (χ1) is 9.19. The minimum Gasteiger partial charge on any atom is -0.494 e. The summed E-state index contributed by atoms with van der Waals surface area (Å²) < 4.78 is 11.0. The molecule has 0 atom stereocenters. The molecule has 0 bridgehead atoms. The fourth-order valence-corrected chi connectivity index (χ4v) is 1.56. The predicted molar refractivity (Wildman–Crippen MR) is 71.9 cm³/mol. The van der Waals surface area contributed by atoms with E-state index >= 15 is 0 Å². The molecule has 0 radical (unpaired) electrons. The number of carbonyl (C=O) groups is 1. The first-order valence-corrected chi connectivity index (χ1v) is 6.06. The van der Waals surface area contributed by atoms with E-state index in [-0.39, 0.29) is 5.78 Å². The summed E-state index contributed by atoms with van der Waals surface area (Å²) in [6.45, 7) is 4.05. The van der Waals surface area contributed by atoms with Crippen LogP contribution >= 0.6 is 0 Å². The maximum absolute atomic E-state index is 11.1. The predicted octanol–water partition coefficient (Wildman–Crippen LogP) is 3.48. The third kappa shape index (κ3) is 3.55. The van der Waals surface area contributed by atoms with Crippen LogP contribution < -0.4 is 9.47 Å². The summed E-state index contributed by atoms with van der Waals surface area (Å²) in [5, 5.41) is 0. The van der Waals surface area contributed by atoms with E-state index in [9.17, 15) is 4.79 Å². The Kier molecular flexibility index (Phi) is 4.13. The molecule has 4 nitrogen and oxygen atoms in total. The first-order valence-electron chi connectivity index (χ1n) is 6.06. The molecule has 0 spiro atoms. The van der Waals surface area contributed by atoms with E-state index in [0.717, 1.165) is 5.75 Å². The van der Waals surface area contributed by atoms with Crippen molar-refractivity contribution < 1.29 is 14.3 Å². The van der Waals surface area contributed by atoms with E-state index < -0.39 is 0 Å². The summed E-state index contributed by atoms with van der Waals surface area (Å²) in [5.74, 6) is 2.03. The van der Waals surface area contributed by atoms with Gasteiger partial charge in [-0.1, -0.05) is 0 Å². The quantitative estimate of drug-likeness (QED) is 0.769. The van der Waals surface area contributed by atoms with Gasteiger partial charge < -0.3 is 9.47 Å². The molecule has 2 aromatic rings. The van der Waals surface area contributed by atoms with E-state index in [1.54, 1.807) is 12.1 Å². The van der Waals surface area contributed by atoms with Crippen LogP contribution in [0, 0.1) is 0 Å². The average molecular weight is 257 g/mol. The van der Waals surface area contributed by atoms with Crippen molar-refractivity contribution in [3.05, 3.63) is 48.3 Å². The lowest BCUT2D eigenvalue weighted by Gasteiger charge is -2.07. The van der Waals surface area contributed by atoms with Gasteiger partial charge in [0.05, 0.1) is 12.8 Å². The van der Waals surface area contributed by atoms with Gasteiger partial charge in [-0.15, -0.1) is 0 Å². The molecule has 1 heterocycles. The highest BCUT2D eigenvalue weighted by Gasteiger charge is 2.02. The molecule has 0 amide bonds. The van der Waals surface area contributed by atoms with E-state index in [1.165, 1.54) is 13.1 Å². The number of Topliss-reactive ketones (excluding diaryl/α,β-unsaturated/α-hetero) is 1. The molecule has 0 saturated heterocycles. The highest BCUT2D eigenvalue weighted by Crippen LogP contribution is 2.23. The highest BCUT2D eigenvalue weighted by atomic mass is 16.5. The van der Waals surface area contributed by atoms with Gasteiger partial charge in [0, 0.05) is 6.92 Å². The molecular formula is C15H15NO3. The minimum absolute atomic E-state index is 0.0624. The fourth-order valence-electron chi connectivity index (χ4n) is 1.56. The highest BCUT2D eigenvalue weighted by molar-refractivity contribution is 5.92. The summed E-state index contributed by atoms with van der Waals surface area (Å²) >= 11 is 0. The molecule has 1 aromatic carbocycles. The van der Waals surface area contributed by atoms with Gasteiger partial charge in [0.2, 0.25) is 0 Å². The van der Waals surface area contributed by atoms with Gasteiger partial charge in [0.15, 0.2) is 5.78 Å². The molecule has 98 valence electrons. The zero-order chi connectivity index (χ0) is 13.7. The second-order valence-electron chi connectivity index (χ2n) is 3.94. The summed E-state index contributed by atoms with van der Waals surface area (Å²) in [4.78, 5) is 15.1. The zero-order valence-electron chi connectivity index (χ0n) is 10.9. The monoisotopic (exact) mass is 257 g/mol. The number of benzene rings is 1. The lowest BCUT2D eigenvalue weighted by Crippen LogP contribution is -1.96. The summed E-state index contributed by atoms with van der Waals surface area (Å²) in [5.41, 5.74) is 0.430. The van der Waals surface area contributed by atoms with Gasteiger partial charge in [-0.05, 0) is 43.3 Å². The van der Waals surface area contributed by atoms with E-state index in [4.69, 9.17) is 9.47 Å². The maximum Gasteiger partial charge on any atom is 0.178 e. The van der Waals surface area contributed by atoms with E-state index in [0.29, 0.717) is 23.8 Å². The van der Waals surface area contributed by atoms with Gasteiger partial charge in [-0.2, -0.15) is 0 Å². The first kappa shape index (κ1) is 13.1. The molecule has 0 fully saturated rings. The second kappa shape index (κ2) is 6.00. The Hall–Kier alpha value is -2.36. The summed E-state index contributed by atoms with van der Waals surface area (Å²) in [7, 11) is 0. The standard InChI is InChI=1S/C15H15NO3/c1-3-18-12-4-6-13(7-5-12)19-14-8-9-15(11(2)17)16-10-14/h4-10H,3H2,1-2H3. The van der Waals surface area contributed by atoms with Crippen molar-refractivity contribution in [1.82, 2.24) is 4.98 Å². The maximum atomic E-state index is 11.1. The Labute approximate surface area is 112 Å². The second-order valence-corrected chi connectivity index (χ2v) is 3.94. The Morgan fingerprint density at radius 1 is 1.05 bits per heavy atom. The Balaban J connectivity index is 2.06. The van der Waals surface area contributed by atoms with Crippen LogP contribution in [0.25, 0.3) is 0 Å². The van der Waals surface area contributed by atoms with Crippen molar-refractivity contribution in [2.24, 2.45) is 0 Å². The van der Waals surface area contributed by atoms with Crippen molar-refractivity contribution in [3.8, 4) is 17.2 Å². The number of pyridine rings is 1. The number of ketones is 1. The van der Waals surface area contributed by atoms with Gasteiger partial charge in [-0.25, -0.2) is 4.98 Å². The van der Waals surface area contributed by atoms with Crippen molar-refractivity contribution >= 4 is 5.78 Å². The van der Waals surface area contributed by atoms with Crippen LogP contribution in [0.3, 0.4) is 0 Å². The average Bonchev–Trinajstić information content (AvgIpc) is 2.42. The van der Waals surface area contributed by atoms with Crippen LogP contribution in [0.4, 0.5) is 0 Å². The Bertz CT molecular complexity index is 547. The third-order valence-electron chi connectivity index (χ3n) is 2.47. The van der Waals surface area contributed by atoms with Crippen LogP contribution in [0.2, 0.25) is 0 Å². The van der Waals surface area contributed by atoms with Crippen LogP contribution in [0.1, 0.15) is 24.3 Å². The zero-order valence-corrected chi connectivity index (χ0v) is 10.9. The normalized spacial score (nSPS) is 10.0. The lowest BCUT2D eigenvalue weighted by atomic mass is 10.3. The fraction of sp³-hybridized carbons (Fsp3) is 0.200. The molecule has 19 heavy (non-hydrogen) atoms. The summed E-state index contributed by atoms with van der Waals surface area (Å²) in [6.07, 6.45) is 1.53. The lowest BCUT2D eigenvalue weighted by molar-refractivity contribution is 0.101. The molecule has 0 aliphatic carbocycles. The molecule has 0 N–H and O–H groups in total. The number of hydrogen-bond acceptors (Lipinski definition) is 4. The van der Waals surface area contributed by atoms with Crippen molar-refractivity contribution in [2.45, 2.75) is 13.8 Å². The molecule has 0 saturated carbocycles. The molecule has 1 aromatic heterocycles. The number of rotatable bonds is 5. The van der Waals surface area contributed by atoms with Crippen LogP contribution in [-0.2, 0) is 0 Å². The van der Waals surface area contributed by atoms with Crippen LogP contribution in [0.15, 0.2) is 42.6 Å². The third-order valence-corrected chi connectivity index (χ3v) is 2.47. The largest absolute Gasteiger partial charge is 0.494 e. The number of aromatic nitrogens is 1. The number of hydrogen-bond donors (Lipinski definition) is 0. The minimum atomic E-state index is -0.0624. The topological polar surface area (TPSA) is 48.4 Å².